The van der Waals surface area contributed by atoms with Crippen molar-refractivity contribution in [2.75, 3.05) is 11.1 Å². The first-order chi connectivity index (χ1) is 12.5. The lowest BCUT2D eigenvalue weighted by atomic mass is 10.3. The van der Waals surface area contributed by atoms with Gasteiger partial charge in [0.25, 0.3) is 11.1 Å². The standard InChI is InChI=1S/C16H13FN4O4S/c1-9-10(6-7-24-9)14-20-21-16(25-14)26-8-13(22)19-15(23)18-12-5-3-2-4-11(12)17/h2-7H,8H2,1H3,(H2,18,19,22,23). The summed E-state index contributed by atoms with van der Waals surface area (Å²) < 4.78 is 24.0. The topological polar surface area (TPSA) is 110 Å². The number of aryl methyl sites for hydroxylation is 1. The van der Waals surface area contributed by atoms with Crippen LogP contribution in [0.25, 0.3) is 11.5 Å². The van der Waals surface area contributed by atoms with Crippen molar-refractivity contribution in [1.82, 2.24) is 15.5 Å². The first kappa shape index (κ1) is 17.7. The molecular formula is C16H13FN4O4S. The van der Waals surface area contributed by atoms with Gasteiger partial charge in [-0.05, 0) is 25.1 Å². The molecule has 10 heteroatoms. The average molecular weight is 376 g/mol. The summed E-state index contributed by atoms with van der Waals surface area (Å²) in [6, 6.07) is 6.49. The monoisotopic (exact) mass is 376 g/mol. The highest BCUT2D eigenvalue weighted by molar-refractivity contribution is 7.99. The zero-order valence-electron chi connectivity index (χ0n) is 13.5. The quantitative estimate of drug-likeness (QED) is 0.658. The molecule has 3 aromatic rings. The molecule has 0 aliphatic rings. The van der Waals surface area contributed by atoms with E-state index in [1.54, 1.807) is 19.1 Å². The number of carbonyl (C=O) groups is 2. The van der Waals surface area contributed by atoms with Crippen LogP contribution in [0.2, 0.25) is 0 Å². The molecule has 0 aliphatic carbocycles. The van der Waals surface area contributed by atoms with Crippen molar-refractivity contribution < 1.29 is 22.8 Å². The van der Waals surface area contributed by atoms with Crippen LogP contribution in [0, 0.1) is 12.7 Å². The second kappa shape index (κ2) is 7.83. The number of urea groups is 1. The van der Waals surface area contributed by atoms with E-state index in [0.717, 1.165) is 11.8 Å². The van der Waals surface area contributed by atoms with Gasteiger partial charge in [-0.2, -0.15) is 0 Å². The molecule has 2 N–H and O–H groups in total. The van der Waals surface area contributed by atoms with Crippen molar-refractivity contribution in [1.29, 1.82) is 0 Å². The Hall–Kier alpha value is -3.14. The van der Waals surface area contributed by atoms with E-state index in [1.807, 2.05) is 0 Å². The molecule has 0 aliphatic heterocycles. The van der Waals surface area contributed by atoms with Gasteiger partial charge in [0, 0.05) is 0 Å². The Morgan fingerprint density at radius 1 is 1.23 bits per heavy atom. The van der Waals surface area contributed by atoms with Crippen LogP contribution in [0.1, 0.15) is 5.76 Å². The van der Waals surface area contributed by atoms with Crippen molar-refractivity contribution >= 4 is 29.4 Å². The largest absolute Gasteiger partial charge is 0.469 e. The van der Waals surface area contributed by atoms with Crippen LogP contribution >= 0.6 is 11.8 Å². The van der Waals surface area contributed by atoms with E-state index in [1.165, 1.54) is 24.5 Å². The minimum absolute atomic E-state index is 0.0255. The highest BCUT2D eigenvalue weighted by atomic mass is 32.2. The number of hydrogen-bond donors (Lipinski definition) is 2. The Morgan fingerprint density at radius 3 is 2.77 bits per heavy atom. The molecule has 0 saturated heterocycles. The zero-order valence-corrected chi connectivity index (χ0v) is 14.3. The summed E-state index contributed by atoms with van der Waals surface area (Å²) >= 11 is 0.967. The number of aromatic nitrogens is 2. The Labute approximate surface area is 151 Å². The SMILES string of the molecule is Cc1occc1-c1nnc(SCC(=O)NC(=O)Nc2ccccc2F)o1. The molecule has 0 unspecified atom stereocenters. The van der Waals surface area contributed by atoms with Crippen LogP contribution in [-0.4, -0.2) is 27.9 Å². The van der Waals surface area contributed by atoms with E-state index in [2.05, 4.69) is 20.8 Å². The van der Waals surface area contributed by atoms with Gasteiger partial charge in [-0.15, -0.1) is 10.2 Å². The van der Waals surface area contributed by atoms with Crippen molar-refractivity contribution in [3.63, 3.8) is 0 Å². The van der Waals surface area contributed by atoms with Gasteiger partial charge in [-0.1, -0.05) is 23.9 Å². The molecule has 0 spiro atoms. The Bertz CT molecular complexity index is 940. The van der Waals surface area contributed by atoms with Gasteiger partial charge in [-0.25, -0.2) is 9.18 Å². The molecule has 134 valence electrons. The number of nitrogens with one attached hydrogen (secondary N) is 2. The number of para-hydroxylation sites is 1. The van der Waals surface area contributed by atoms with Crippen molar-refractivity contribution in [2.24, 2.45) is 0 Å². The molecule has 8 nitrogen and oxygen atoms in total. The third-order valence-electron chi connectivity index (χ3n) is 3.20. The van der Waals surface area contributed by atoms with E-state index >= 15 is 0 Å². The fourth-order valence-electron chi connectivity index (χ4n) is 1.99. The maximum atomic E-state index is 13.4. The number of carbonyl (C=O) groups excluding carboxylic acids is 2. The number of nitrogens with zero attached hydrogens (tertiary/aromatic N) is 2. The number of benzene rings is 1. The molecule has 0 atom stereocenters. The lowest BCUT2D eigenvalue weighted by Crippen LogP contribution is -2.35. The minimum atomic E-state index is -0.832. The van der Waals surface area contributed by atoms with Gasteiger partial charge in [0.05, 0.1) is 23.3 Å². The van der Waals surface area contributed by atoms with E-state index in [4.69, 9.17) is 8.83 Å². The number of rotatable bonds is 5. The maximum Gasteiger partial charge on any atom is 0.325 e. The number of halogens is 1. The summed E-state index contributed by atoms with van der Waals surface area (Å²) in [7, 11) is 0. The molecule has 0 saturated carbocycles. The lowest BCUT2D eigenvalue weighted by Gasteiger charge is -2.06. The molecular weight excluding hydrogens is 363 g/mol. The number of amides is 3. The first-order valence-corrected chi connectivity index (χ1v) is 8.37. The van der Waals surface area contributed by atoms with E-state index in [9.17, 15) is 14.0 Å². The Kier molecular flexibility index (Phi) is 5.32. The number of anilines is 1. The van der Waals surface area contributed by atoms with Gasteiger partial charge in [0.1, 0.15) is 11.6 Å². The highest BCUT2D eigenvalue weighted by Crippen LogP contribution is 2.26. The lowest BCUT2D eigenvalue weighted by molar-refractivity contribution is -0.117. The summed E-state index contributed by atoms with van der Waals surface area (Å²) in [5.74, 6) is -0.416. The normalized spacial score (nSPS) is 10.5. The number of thioether (sulfide) groups is 1. The summed E-state index contributed by atoms with van der Waals surface area (Å²) in [6.45, 7) is 1.76. The maximum absolute atomic E-state index is 13.4. The molecule has 0 fully saturated rings. The second-order valence-corrected chi connectivity index (χ2v) is 5.96. The fourth-order valence-corrected chi connectivity index (χ4v) is 2.55. The predicted octanol–water partition coefficient (Wildman–Crippen LogP) is 3.22. The van der Waals surface area contributed by atoms with Crippen molar-refractivity contribution in [3.05, 3.63) is 48.2 Å². The minimum Gasteiger partial charge on any atom is -0.469 e. The van der Waals surface area contributed by atoms with Crippen LogP contribution < -0.4 is 10.6 Å². The van der Waals surface area contributed by atoms with E-state index < -0.39 is 17.8 Å². The third kappa shape index (κ3) is 4.28. The van der Waals surface area contributed by atoms with Gasteiger partial charge < -0.3 is 14.2 Å². The molecule has 26 heavy (non-hydrogen) atoms. The first-order valence-electron chi connectivity index (χ1n) is 7.39. The third-order valence-corrected chi connectivity index (χ3v) is 4.02. The zero-order chi connectivity index (χ0) is 18.5. The molecule has 2 heterocycles. The molecule has 3 amide bonds. The number of imide groups is 1. The summed E-state index contributed by atoms with van der Waals surface area (Å²) in [5.41, 5.74) is 0.639. The Balaban J connectivity index is 1.50. The average Bonchev–Trinajstić information content (AvgIpc) is 3.23. The van der Waals surface area contributed by atoms with Crippen molar-refractivity contribution in [2.45, 2.75) is 12.1 Å². The molecule has 3 rings (SSSR count). The summed E-state index contributed by atoms with van der Waals surface area (Å²) in [5, 5.41) is 12.2. The van der Waals surface area contributed by atoms with Crippen LogP contribution in [0.15, 0.2) is 50.7 Å². The summed E-state index contributed by atoms with van der Waals surface area (Å²) in [4.78, 5) is 23.5. The van der Waals surface area contributed by atoms with Gasteiger partial charge in [0.15, 0.2) is 0 Å². The molecule has 0 bridgehead atoms. The van der Waals surface area contributed by atoms with Gasteiger partial charge >= 0.3 is 6.03 Å². The number of hydrogen-bond acceptors (Lipinski definition) is 7. The van der Waals surface area contributed by atoms with Gasteiger partial charge in [-0.3, -0.25) is 10.1 Å². The molecule has 1 aromatic carbocycles. The van der Waals surface area contributed by atoms with Crippen LogP contribution in [0.5, 0.6) is 0 Å². The van der Waals surface area contributed by atoms with Crippen LogP contribution in [-0.2, 0) is 4.79 Å². The van der Waals surface area contributed by atoms with Crippen LogP contribution in [0.3, 0.4) is 0 Å². The van der Waals surface area contributed by atoms with E-state index in [0.29, 0.717) is 11.3 Å². The summed E-state index contributed by atoms with van der Waals surface area (Å²) in [6.07, 6.45) is 1.50. The molecule has 0 radical (unpaired) electrons. The smallest absolute Gasteiger partial charge is 0.325 e. The fraction of sp³-hybridized carbons (Fsp3) is 0.125. The highest BCUT2D eigenvalue weighted by Gasteiger charge is 2.15. The van der Waals surface area contributed by atoms with Crippen molar-refractivity contribution in [3.8, 4) is 11.5 Å². The van der Waals surface area contributed by atoms with E-state index in [-0.39, 0.29) is 22.6 Å². The number of furan rings is 1. The Morgan fingerprint density at radius 2 is 2.04 bits per heavy atom. The van der Waals surface area contributed by atoms with Gasteiger partial charge in [0.2, 0.25) is 5.91 Å². The predicted molar refractivity (Wildman–Crippen MR) is 91.0 cm³/mol. The molecule has 2 aromatic heterocycles. The van der Waals surface area contributed by atoms with Crippen LogP contribution in [0.4, 0.5) is 14.9 Å². The second-order valence-electron chi connectivity index (χ2n) is 5.03.